The molecule has 0 fully saturated rings. The average molecular weight is 378 g/mol. The number of nitrogens with one attached hydrogen (secondary N) is 2. The highest BCUT2D eigenvalue weighted by atomic mass is 35.5. The highest BCUT2D eigenvalue weighted by Crippen LogP contribution is 2.30. The molecule has 1 heterocycles. The molecule has 0 bridgehead atoms. The molecular formula is C17H13Cl2N3OS. The van der Waals surface area contributed by atoms with Gasteiger partial charge in [-0.15, -0.1) is 11.3 Å². The van der Waals surface area contributed by atoms with Crippen molar-refractivity contribution in [3.63, 3.8) is 0 Å². The first kappa shape index (κ1) is 16.8. The van der Waals surface area contributed by atoms with Gasteiger partial charge in [-0.2, -0.15) is 0 Å². The molecule has 2 aromatic carbocycles. The van der Waals surface area contributed by atoms with Gasteiger partial charge in [0.05, 0.1) is 15.7 Å². The van der Waals surface area contributed by atoms with Crippen LogP contribution in [0.25, 0.3) is 11.3 Å². The Bertz CT molecular complexity index is 878. The van der Waals surface area contributed by atoms with Gasteiger partial charge >= 0.3 is 0 Å². The maximum Gasteiger partial charge on any atom is 0.221 e. The standard InChI is InChI=1S/C17H13Cl2N3OS/c1-10(23)20-12-4-2-11(3-5-12)16-9-24-17(22-16)21-13-6-7-14(18)15(19)8-13/h2-9H,1H3,(H,20,23)(H,21,22). The van der Waals surface area contributed by atoms with Crippen molar-refractivity contribution in [2.45, 2.75) is 6.92 Å². The number of benzene rings is 2. The number of hydrogen-bond donors (Lipinski definition) is 2. The molecule has 0 spiro atoms. The molecule has 3 rings (SSSR count). The second-order valence-electron chi connectivity index (χ2n) is 5.05. The lowest BCUT2D eigenvalue weighted by Gasteiger charge is -2.04. The number of carbonyl (C=O) groups is 1. The molecule has 122 valence electrons. The highest BCUT2D eigenvalue weighted by molar-refractivity contribution is 7.14. The van der Waals surface area contributed by atoms with Gasteiger partial charge in [0.25, 0.3) is 0 Å². The first-order valence-electron chi connectivity index (χ1n) is 7.07. The fourth-order valence-corrected chi connectivity index (χ4v) is 3.13. The SMILES string of the molecule is CC(=O)Nc1ccc(-c2csc(Nc3ccc(Cl)c(Cl)c3)n2)cc1. The lowest BCUT2D eigenvalue weighted by Crippen LogP contribution is -2.05. The number of carbonyl (C=O) groups excluding carboxylic acids is 1. The lowest BCUT2D eigenvalue weighted by atomic mass is 10.1. The molecule has 0 saturated carbocycles. The number of hydrogen-bond acceptors (Lipinski definition) is 4. The monoisotopic (exact) mass is 377 g/mol. The summed E-state index contributed by atoms with van der Waals surface area (Å²) >= 11 is 13.4. The molecular weight excluding hydrogens is 365 g/mol. The van der Waals surface area contributed by atoms with Crippen molar-refractivity contribution in [2.75, 3.05) is 10.6 Å². The van der Waals surface area contributed by atoms with Crippen molar-refractivity contribution in [1.29, 1.82) is 0 Å². The maximum atomic E-state index is 11.0. The number of amides is 1. The van der Waals surface area contributed by atoms with Gasteiger partial charge in [0.1, 0.15) is 0 Å². The zero-order valence-electron chi connectivity index (χ0n) is 12.6. The van der Waals surface area contributed by atoms with Crippen LogP contribution < -0.4 is 10.6 Å². The largest absolute Gasteiger partial charge is 0.331 e. The highest BCUT2D eigenvalue weighted by Gasteiger charge is 2.06. The topological polar surface area (TPSA) is 54.0 Å². The minimum atomic E-state index is -0.0930. The summed E-state index contributed by atoms with van der Waals surface area (Å²) in [5.41, 5.74) is 3.42. The van der Waals surface area contributed by atoms with Crippen LogP contribution in [0.15, 0.2) is 47.8 Å². The van der Waals surface area contributed by atoms with E-state index < -0.39 is 0 Å². The van der Waals surface area contributed by atoms with Crippen LogP contribution in [0.2, 0.25) is 10.0 Å². The second-order valence-corrected chi connectivity index (χ2v) is 6.72. The van der Waals surface area contributed by atoms with Crippen LogP contribution in [-0.4, -0.2) is 10.9 Å². The zero-order chi connectivity index (χ0) is 17.1. The second kappa shape index (κ2) is 7.21. The van der Waals surface area contributed by atoms with Gasteiger partial charge in [0.2, 0.25) is 5.91 Å². The van der Waals surface area contributed by atoms with E-state index in [4.69, 9.17) is 23.2 Å². The predicted octanol–water partition coefficient (Wildman–Crippen LogP) is 5.82. The summed E-state index contributed by atoms with van der Waals surface area (Å²) in [5, 5.41) is 9.68. The Kier molecular flexibility index (Phi) is 5.04. The van der Waals surface area contributed by atoms with Crippen LogP contribution in [0, 0.1) is 0 Å². The molecule has 7 heteroatoms. The Hall–Kier alpha value is -2.08. The summed E-state index contributed by atoms with van der Waals surface area (Å²) in [6, 6.07) is 12.9. The summed E-state index contributed by atoms with van der Waals surface area (Å²) in [6.07, 6.45) is 0. The van der Waals surface area contributed by atoms with Crippen molar-refractivity contribution in [2.24, 2.45) is 0 Å². The van der Waals surface area contributed by atoms with Gasteiger partial charge < -0.3 is 10.6 Å². The van der Waals surface area contributed by atoms with Crippen molar-refractivity contribution >= 4 is 57.0 Å². The number of nitrogens with zero attached hydrogens (tertiary/aromatic N) is 1. The molecule has 2 N–H and O–H groups in total. The molecule has 0 aliphatic rings. The number of rotatable bonds is 4. The van der Waals surface area contributed by atoms with Crippen LogP contribution in [0.1, 0.15) is 6.92 Å². The molecule has 1 aromatic heterocycles. The normalized spacial score (nSPS) is 10.5. The predicted molar refractivity (Wildman–Crippen MR) is 102 cm³/mol. The summed E-state index contributed by atoms with van der Waals surface area (Å²) in [4.78, 5) is 15.6. The fourth-order valence-electron chi connectivity index (χ4n) is 2.09. The Balaban J connectivity index is 1.75. The van der Waals surface area contributed by atoms with E-state index in [-0.39, 0.29) is 5.91 Å². The third-order valence-corrected chi connectivity index (χ3v) is 4.67. The quantitative estimate of drug-likeness (QED) is 0.602. The first-order chi connectivity index (χ1) is 11.5. The Labute approximate surface area is 153 Å². The molecule has 0 atom stereocenters. The van der Waals surface area contributed by atoms with Crippen LogP contribution in [-0.2, 0) is 4.79 Å². The van der Waals surface area contributed by atoms with Gasteiger partial charge in [0.15, 0.2) is 5.13 Å². The van der Waals surface area contributed by atoms with E-state index in [1.807, 2.05) is 35.7 Å². The Morgan fingerprint density at radius 2 is 1.75 bits per heavy atom. The first-order valence-corrected chi connectivity index (χ1v) is 8.70. The average Bonchev–Trinajstić information content (AvgIpc) is 3.00. The molecule has 0 saturated heterocycles. The van der Waals surface area contributed by atoms with Crippen LogP contribution in [0.5, 0.6) is 0 Å². The molecule has 24 heavy (non-hydrogen) atoms. The van der Waals surface area contributed by atoms with Crippen molar-refractivity contribution < 1.29 is 4.79 Å². The van der Waals surface area contributed by atoms with Crippen molar-refractivity contribution in [3.8, 4) is 11.3 Å². The van der Waals surface area contributed by atoms with Crippen LogP contribution >= 0.6 is 34.5 Å². The van der Waals surface area contributed by atoms with Crippen LogP contribution in [0.4, 0.5) is 16.5 Å². The number of halogens is 2. The Morgan fingerprint density at radius 1 is 1.04 bits per heavy atom. The van der Waals surface area contributed by atoms with Crippen molar-refractivity contribution in [1.82, 2.24) is 4.98 Å². The molecule has 0 aliphatic heterocycles. The number of aromatic nitrogens is 1. The molecule has 3 aromatic rings. The van der Waals surface area contributed by atoms with E-state index in [2.05, 4.69) is 15.6 Å². The number of anilines is 3. The van der Waals surface area contributed by atoms with Gasteiger partial charge in [-0.3, -0.25) is 4.79 Å². The summed E-state index contributed by atoms with van der Waals surface area (Å²) in [5.74, 6) is -0.0930. The molecule has 1 amide bonds. The van der Waals surface area contributed by atoms with E-state index in [0.717, 1.165) is 27.8 Å². The van der Waals surface area contributed by atoms with Crippen LogP contribution in [0.3, 0.4) is 0 Å². The van der Waals surface area contributed by atoms with E-state index >= 15 is 0 Å². The van der Waals surface area contributed by atoms with E-state index in [1.54, 1.807) is 12.1 Å². The van der Waals surface area contributed by atoms with E-state index in [9.17, 15) is 4.79 Å². The fraction of sp³-hybridized carbons (Fsp3) is 0.0588. The van der Waals surface area contributed by atoms with Gasteiger partial charge in [-0.1, -0.05) is 35.3 Å². The molecule has 0 radical (unpaired) electrons. The minimum Gasteiger partial charge on any atom is -0.331 e. The summed E-state index contributed by atoms with van der Waals surface area (Å²) in [7, 11) is 0. The number of thiazole rings is 1. The summed E-state index contributed by atoms with van der Waals surface area (Å²) in [6.45, 7) is 1.48. The van der Waals surface area contributed by atoms with Gasteiger partial charge in [0, 0.05) is 29.2 Å². The van der Waals surface area contributed by atoms with Gasteiger partial charge in [-0.05, 0) is 30.3 Å². The molecule has 0 unspecified atom stereocenters. The van der Waals surface area contributed by atoms with E-state index in [0.29, 0.717) is 10.0 Å². The molecule has 0 aliphatic carbocycles. The van der Waals surface area contributed by atoms with Gasteiger partial charge in [-0.25, -0.2) is 4.98 Å². The zero-order valence-corrected chi connectivity index (χ0v) is 15.0. The smallest absolute Gasteiger partial charge is 0.221 e. The Morgan fingerprint density at radius 3 is 2.42 bits per heavy atom. The maximum absolute atomic E-state index is 11.0. The third kappa shape index (κ3) is 4.06. The minimum absolute atomic E-state index is 0.0930. The van der Waals surface area contributed by atoms with E-state index in [1.165, 1.54) is 18.3 Å². The summed E-state index contributed by atoms with van der Waals surface area (Å²) < 4.78 is 0. The lowest BCUT2D eigenvalue weighted by molar-refractivity contribution is -0.114. The van der Waals surface area contributed by atoms with Crippen molar-refractivity contribution in [3.05, 3.63) is 57.9 Å². The third-order valence-electron chi connectivity index (χ3n) is 3.18. The molecule has 4 nitrogen and oxygen atoms in total.